The van der Waals surface area contributed by atoms with E-state index in [9.17, 15) is 0 Å². The van der Waals surface area contributed by atoms with Crippen molar-refractivity contribution in [3.63, 3.8) is 0 Å². The van der Waals surface area contributed by atoms with Crippen LogP contribution in [0, 0.1) is 0 Å². The van der Waals surface area contributed by atoms with Gasteiger partial charge >= 0.3 is 0 Å². The Morgan fingerprint density at radius 2 is 2.27 bits per heavy atom. The van der Waals surface area contributed by atoms with E-state index < -0.39 is 0 Å². The van der Waals surface area contributed by atoms with E-state index in [1.807, 2.05) is 24.3 Å². The fraction of sp³-hybridized carbons (Fsp3) is 0.100. The maximum atomic E-state index is 5.83. The number of hydrogen-bond donors (Lipinski definition) is 2. The number of nitrogens with two attached hydrogens (primary N) is 1. The van der Waals surface area contributed by atoms with E-state index in [4.69, 9.17) is 17.3 Å². The molecule has 2 aromatic heterocycles. The number of anilines is 2. The van der Waals surface area contributed by atoms with Crippen LogP contribution in [0.5, 0.6) is 0 Å². The van der Waals surface area contributed by atoms with Crippen LogP contribution in [0.2, 0.25) is 4.34 Å². The summed E-state index contributed by atoms with van der Waals surface area (Å²) < 4.78 is 0.797. The van der Waals surface area contributed by atoms with Crippen LogP contribution in [0.25, 0.3) is 0 Å². The molecule has 0 spiro atoms. The second-order valence-electron chi connectivity index (χ2n) is 3.00. The van der Waals surface area contributed by atoms with Crippen molar-refractivity contribution in [2.24, 2.45) is 0 Å². The number of hydrogen-bond acceptors (Lipinski definition) is 4. The molecule has 2 heterocycles. The van der Waals surface area contributed by atoms with Crippen LogP contribution in [-0.2, 0) is 6.54 Å². The minimum atomic E-state index is 0.514. The lowest BCUT2D eigenvalue weighted by atomic mass is 10.3. The fourth-order valence-corrected chi connectivity index (χ4v) is 2.22. The summed E-state index contributed by atoms with van der Waals surface area (Å²) in [4.78, 5) is 5.16. The van der Waals surface area contributed by atoms with Gasteiger partial charge in [-0.2, -0.15) is 0 Å². The first kappa shape index (κ1) is 10.3. The molecule has 0 saturated carbocycles. The Morgan fingerprint density at radius 1 is 1.40 bits per heavy atom. The molecule has 0 saturated heterocycles. The summed E-state index contributed by atoms with van der Waals surface area (Å²) in [5.41, 5.74) is 6.54. The van der Waals surface area contributed by atoms with Crippen LogP contribution in [0.15, 0.2) is 30.5 Å². The molecule has 78 valence electrons. The molecule has 0 aliphatic carbocycles. The van der Waals surface area contributed by atoms with Crippen molar-refractivity contribution in [3.05, 3.63) is 39.7 Å². The van der Waals surface area contributed by atoms with E-state index in [-0.39, 0.29) is 0 Å². The average Bonchev–Trinajstić information content (AvgIpc) is 2.63. The SMILES string of the molecule is Nc1ncccc1NCc1ccc(Cl)s1. The maximum absolute atomic E-state index is 5.83. The van der Waals surface area contributed by atoms with Crippen molar-refractivity contribution in [2.75, 3.05) is 11.1 Å². The zero-order chi connectivity index (χ0) is 10.7. The van der Waals surface area contributed by atoms with Crippen molar-refractivity contribution in [1.29, 1.82) is 0 Å². The first-order valence-electron chi connectivity index (χ1n) is 4.44. The number of rotatable bonds is 3. The van der Waals surface area contributed by atoms with Crippen molar-refractivity contribution in [1.82, 2.24) is 4.98 Å². The Kier molecular flexibility index (Phi) is 3.08. The topological polar surface area (TPSA) is 50.9 Å². The lowest BCUT2D eigenvalue weighted by molar-refractivity contribution is 1.18. The maximum Gasteiger partial charge on any atom is 0.146 e. The van der Waals surface area contributed by atoms with Gasteiger partial charge in [0.1, 0.15) is 5.82 Å². The molecule has 0 aliphatic rings. The van der Waals surface area contributed by atoms with Gasteiger partial charge in [0.25, 0.3) is 0 Å². The highest BCUT2D eigenvalue weighted by Crippen LogP contribution is 2.23. The van der Waals surface area contributed by atoms with E-state index in [1.165, 1.54) is 4.88 Å². The molecule has 0 radical (unpaired) electrons. The van der Waals surface area contributed by atoms with Gasteiger partial charge in [-0.25, -0.2) is 4.98 Å². The summed E-state index contributed by atoms with van der Waals surface area (Å²) in [6, 6.07) is 7.63. The van der Waals surface area contributed by atoms with Crippen LogP contribution in [0.1, 0.15) is 4.88 Å². The summed E-state index contributed by atoms with van der Waals surface area (Å²) in [6.07, 6.45) is 1.67. The third-order valence-electron chi connectivity index (χ3n) is 1.92. The van der Waals surface area contributed by atoms with Crippen molar-refractivity contribution in [2.45, 2.75) is 6.54 Å². The molecule has 0 aliphatic heterocycles. The molecular formula is C10H10ClN3S. The van der Waals surface area contributed by atoms with E-state index >= 15 is 0 Å². The summed E-state index contributed by atoms with van der Waals surface area (Å²) >= 11 is 7.38. The number of halogens is 1. The number of nitrogens with zero attached hydrogens (tertiary/aromatic N) is 1. The Balaban J connectivity index is 2.02. The summed E-state index contributed by atoms with van der Waals surface area (Å²) in [5, 5.41) is 3.21. The molecule has 0 amide bonds. The minimum absolute atomic E-state index is 0.514. The number of aromatic nitrogens is 1. The lowest BCUT2D eigenvalue weighted by Gasteiger charge is -2.06. The van der Waals surface area contributed by atoms with Crippen LogP contribution in [0.3, 0.4) is 0 Å². The monoisotopic (exact) mass is 239 g/mol. The van der Waals surface area contributed by atoms with Gasteiger partial charge in [0.2, 0.25) is 0 Å². The Morgan fingerprint density at radius 3 is 2.93 bits per heavy atom. The van der Waals surface area contributed by atoms with E-state index in [0.717, 1.165) is 10.0 Å². The number of nitrogens with one attached hydrogen (secondary N) is 1. The molecule has 2 rings (SSSR count). The molecular weight excluding hydrogens is 230 g/mol. The molecule has 2 aromatic rings. The fourth-order valence-electron chi connectivity index (χ4n) is 1.20. The van der Waals surface area contributed by atoms with Gasteiger partial charge in [0.05, 0.1) is 10.0 Å². The average molecular weight is 240 g/mol. The van der Waals surface area contributed by atoms with E-state index in [2.05, 4.69) is 10.3 Å². The second kappa shape index (κ2) is 4.51. The van der Waals surface area contributed by atoms with Crippen LogP contribution < -0.4 is 11.1 Å². The smallest absolute Gasteiger partial charge is 0.146 e. The Labute approximate surface area is 96.9 Å². The zero-order valence-corrected chi connectivity index (χ0v) is 9.48. The molecule has 0 atom stereocenters. The van der Waals surface area contributed by atoms with Crippen LogP contribution in [-0.4, -0.2) is 4.98 Å². The van der Waals surface area contributed by atoms with Crippen LogP contribution in [0.4, 0.5) is 11.5 Å². The predicted octanol–water partition coefficient (Wildman–Crippen LogP) is 2.99. The highest BCUT2D eigenvalue weighted by molar-refractivity contribution is 7.16. The van der Waals surface area contributed by atoms with Crippen LogP contribution >= 0.6 is 22.9 Å². The van der Waals surface area contributed by atoms with Gasteiger partial charge in [0, 0.05) is 17.6 Å². The van der Waals surface area contributed by atoms with E-state index in [1.54, 1.807) is 17.5 Å². The van der Waals surface area contributed by atoms with Crippen molar-refractivity contribution < 1.29 is 0 Å². The first-order chi connectivity index (χ1) is 7.25. The van der Waals surface area contributed by atoms with Gasteiger partial charge in [-0.15, -0.1) is 11.3 Å². The zero-order valence-electron chi connectivity index (χ0n) is 7.90. The molecule has 0 unspecified atom stereocenters. The molecule has 5 heteroatoms. The summed E-state index contributed by atoms with van der Waals surface area (Å²) in [7, 11) is 0. The second-order valence-corrected chi connectivity index (χ2v) is 4.80. The lowest BCUT2D eigenvalue weighted by Crippen LogP contribution is -2.02. The standard InChI is InChI=1S/C10H10ClN3S/c11-9-4-3-7(15-9)6-14-8-2-1-5-13-10(8)12/h1-5,14H,6H2,(H2,12,13). The predicted molar refractivity (Wildman–Crippen MR) is 65.3 cm³/mol. The summed E-state index contributed by atoms with van der Waals surface area (Å²) in [6.45, 7) is 0.716. The quantitative estimate of drug-likeness (QED) is 0.866. The highest BCUT2D eigenvalue weighted by atomic mass is 35.5. The third-order valence-corrected chi connectivity index (χ3v) is 3.15. The van der Waals surface area contributed by atoms with Gasteiger partial charge in [-0.1, -0.05) is 11.6 Å². The van der Waals surface area contributed by atoms with Gasteiger partial charge in [-0.05, 0) is 24.3 Å². The third kappa shape index (κ3) is 2.61. The Bertz CT molecular complexity index is 455. The molecule has 0 fully saturated rings. The molecule has 15 heavy (non-hydrogen) atoms. The van der Waals surface area contributed by atoms with E-state index in [0.29, 0.717) is 12.4 Å². The van der Waals surface area contributed by atoms with Gasteiger partial charge in [-0.3, -0.25) is 0 Å². The normalized spacial score (nSPS) is 10.2. The van der Waals surface area contributed by atoms with Gasteiger partial charge in [0.15, 0.2) is 0 Å². The summed E-state index contributed by atoms with van der Waals surface area (Å²) in [5.74, 6) is 0.514. The molecule has 0 bridgehead atoms. The van der Waals surface area contributed by atoms with Gasteiger partial charge < -0.3 is 11.1 Å². The molecule has 3 nitrogen and oxygen atoms in total. The minimum Gasteiger partial charge on any atom is -0.382 e. The molecule has 3 N–H and O–H groups in total. The first-order valence-corrected chi connectivity index (χ1v) is 5.64. The number of nitrogen functional groups attached to an aromatic ring is 1. The Hall–Kier alpha value is -1.26. The van der Waals surface area contributed by atoms with Crippen molar-refractivity contribution in [3.8, 4) is 0 Å². The number of thiophene rings is 1. The largest absolute Gasteiger partial charge is 0.382 e. The highest BCUT2D eigenvalue weighted by Gasteiger charge is 2.00. The van der Waals surface area contributed by atoms with Crippen molar-refractivity contribution >= 4 is 34.4 Å². The molecule has 0 aromatic carbocycles. The number of pyridine rings is 1.